The van der Waals surface area contributed by atoms with Crippen LogP contribution in [0.3, 0.4) is 0 Å². The Hall–Kier alpha value is -2.30. The number of hydrogen-bond acceptors (Lipinski definition) is 3. The number of H-pyrrole nitrogens is 1. The number of nitrogens with one attached hydrogen (secondary N) is 2. The molecule has 76 valence electrons. The van der Waals surface area contributed by atoms with Crippen LogP contribution in [-0.2, 0) is 0 Å². The van der Waals surface area contributed by atoms with Gasteiger partial charge in [0.1, 0.15) is 0 Å². The number of carboxylic acids is 1. The first-order chi connectivity index (χ1) is 7.27. The van der Waals surface area contributed by atoms with E-state index in [4.69, 9.17) is 5.11 Å². The van der Waals surface area contributed by atoms with E-state index in [0.717, 1.165) is 5.69 Å². The van der Waals surface area contributed by atoms with Crippen molar-refractivity contribution in [2.24, 2.45) is 0 Å². The van der Waals surface area contributed by atoms with E-state index < -0.39 is 5.97 Å². The van der Waals surface area contributed by atoms with E-state index in [1.54, 1.807) is 0 Å². The highest BCUT2D eigenvalue weighted by Gasteiger charge is 2.12. The molecule has 0 radical (unpaired) electrons. The quantitative estimate of drug-likeness (QED) is 0.711. The van der Waals surface area contributed by atoms with Crippen LogP contribution in [-0.4, -0.2) is 21.3 Å². The molecule has 15 heavy (non-hydrogen) atoms. The number of rotatable bonds is 3. The van der Waals surface area contributed by atoms with E-state index in [9.17, 15) is 4.79 Å². The zero-order chi connectivity index (χ0) is 10.7. The summed E-state index contributed by atoms with van der Waals surface area (Å²) in [5.41, 5.74) is 1.26. The summed E-state index contributed by atoms with van der Waals surface area (Å²) in [5, 5.41) is 17.9. The maximum Gasteiger partial charge on any atom is 0.358 e. The number of aromatic nitrogens is 2. The van der Waals surface area contributed by atoms with E-state index in [1.165, 1.54) is 6.20 Å². The van der Waals surface area contributed by atoms with Crippen molar-refractivity contribution >= 4 is 17.3 Å². The number of benzene rings is 1. The Kier molecular flexibility index (Phi) is 2.37. The lowest BCUT2D eigenvalue weighted by Gasteiger charge is -2.03. The summed E-state index contributed by atoms with van der Waals surface area (Å²) in [5.74, 6) is -1.06. The van der Waals surface area contributed by atoms with E-state index in [2.05, 4.69) is 15.5 Å². The Balaban J connectivity index is 2.25. The lowest BCUT2D eigenvalue weighted by Crippen LogP contribution is -2.01. The Morgan fingerprint density at radius 2 is 2.07 bits per heavy atom. The van der Waals surface area contributed by atoms with Gasteiger partial charge in [-0.2, -0.15) is 5.10 Å². The zero-order valence-corrected chi connectivity index (χ0v) is 7.77. The number of aromatic carboxylic acids is 1. The molecular formula is C10H9N3O2. The Morgan fingerprint density at radius 1 is 1.33 bits per heavy atom. The van der Waals surface area contributed by atoms with Gasteiger partial charge in [0, 0.05) is 11.9 Å². The van der Waals surface area contributed by atoms with Crippen molar-refractivity contribution < 1.29 is 9.90 Å². The van der Waals surface area contributed by atoms with Gasteiger partial charge < -0.3 is 10.4 Å². The molecular weight excluding hydrogens is 194 g/mol. The average Bonchev–Trinajstić information content (AvgIpc) is 2.67. The number of nitrogens with zero attached hydrogens (tertiary/aromatic N) is 1. The van der Waals surface area contributed by atoms with Gasteiger partial charge in [0.25, 0.3) is 0 Å². The number of para-hydroxylation sites is 1. The third-order valence-electron chi connectivity index (χ3n) is 1.90. The normalized spacial score (nSPS) is 9.87. The summed E-state index contributed by atoms with van der Waals surface area (Å²) in [6.45, 7) is 0. The molecule has 0 amide bonds. The predicted molar refractivity (Wildman–Crippen MR) is 55.3 cm³/mol. The van der Waals surface area contributed by atoms with E-state index >= 15 is 0 Å². The van der Waals surface area contributed by atoms with Crippen LogP contribution in [0.25, 0.3) is 0 Å². The SMILES string of the molecule is O=C(O)c1n[nH]cc1Nc1ccccc1. The third-order valence-corrected chi connectivity index (χ3v) is 1.90. The number of carbonyl (C=O) groups is 1. The van der Waals surface area contributed by atoms with Crippen molar-refractivity contribution in [1.82, 2.24) is 10.2 Å². The van der Waals surface area contributed by atoms with Gasteiger partial charge in [-0.05, 0) is 12.1 Å². The van der Waals surface area contributed by atoms with Crippen molar-refractivity contribution in [3.8, 4) is 0 Å². The van der Waals surface area contributed by atoms with E-state index in [1.807, 2.05) is 30.3 Å². The summed E-state index contributed by atoms with van der Waals surface area (Å²) in [7, 11) is 0. The molecule has 1 heterocycles. The molecule has 0 atom stereocenters. The van der Waals surface area contributed by atoms with E-state index in [0.29, 0.717) is 5.69 Å². The topological polar surface area (TPSA) is 78.0 Å². The average molecular weight is 203 g/mol. The van der Waals surface area contributed by atoms with Gasteiger partial charge in [0.15, 0.2) is 5.69 Å². The summed E-state index contributed by atoms with van der Waals surface area (Å²) in [6, 6.07) is 9.31. The lowest BCUT2D eigenvalue weighted by atomic mass is 10.3. The fraction of sp³-hybridized carbons (Fsp3) is 0. The first-order valence-electron chi connectivity index (χ1n) is 4.36. The second kappa shape index (κ2) is 3.83. The number of aromatic amines is 1. The van der Waals surface area contributed by atoms with Crippen LogP contribution in [0, 0.1) is 0 Å². The summed E-state index contributed by atoms with van der Waals surface area (Å²) < 4.78 is 0. The van der Waals surface area contributed by atoms with Crippen LogP contribution in [0.4, 0.5) is 11.4 Å². The minimum atomic E-state index is -1.06. The Bertz CT molecular complexity index is 465. The van der Waals surface area contributed by atoms with Crippen molar-refractivity contribution in [3.63, 3.8) is 0 Å². The Labute approximate surface area is 85.8 Å². The fourth-order valence-corrected chi connectivity index (χ4v) is 1.23. The first-order valence-corrected chi connectivity index (χ1v) is 4.36. The minimum absolute atomic E-state index is 0.0150. The molecule has 0 unspecified atom stereocenters. The smallest absolute Gasteiger partial charge is 0.358 e. The van der Waals surface area contributed by atoms with Crippen LogP contribution in [0.2, 0.25) is 0 Å². The minimum Gasteiger partial charge on any atom is -0.476 e. The number of anilines is 2. The van der Waals surface area contributed by atoms with Gasteiger partial charge >= 0.3 is 5.97 Å². The summed E-state index contributed by atoms with van der Waals surface area (Å²) >= 11 is 0. The van der Waals surface area contributed by atoms with E-state index in [-0.39, 0.29) is 5.69 Å². The fourth-order valence-electron chi connectivity index (χ4n) is 1.23. The maximum atomic E-state index is 10.8. The maximum absolute atomic E-state index is 10.8. The molecule has 2 rings (SSSR count). The monoisotopic (exact) mass is 203 g/mol. The van der Waals surface area contributed by atoms with Crippen molar-refractivity contribution in [2.75, 3.05) is 5.32 Å². The molecule has 3 N–H and O–H groups in total. The lowest BCUT2D eigenvalue weighted by molar-refractivity contribution is 0.0691. The van der Waals surface area contributed by atoms with Crippen LogP contribution < -0.4 is 5.32 Å². The number of hydrogen-bond donors (Lipinski definition) is 3. The van der Waals surface area contributed by atoms with Gasteiger partial charge in [0.05, 0.1) is 5.69 Å². The molecule has 1 aromatic heterocycles. The standard InChI is InChI=1S/C10H9N3O2/c14-10(15)9-8(6-11-13-9)12-7-4-2-1-3-5-7/h1-6,12H,(H,11,13)(H,14,15). The van der Waals surface area contributed by atoms with Crippen molar-refractivity contribution in [2.45, 2.75) is 0 Å². The summed E-state index contributed by atoms with van der Waals surface area (Å²) in [4.78, 5) is 10.8. The third kappa shape index (κ3) is 1.96. The molecule has 0 bridgehead atoms. The predicted octanol–water partition coefficient (Wildman–Crippen LogP) is 1.85. The Morgan fingerprint density at radius 3 is 2.73 bits per heavy atom. The second-order valence-corrected chi connectivity index (χ2v) is 2.94. The highest BCUT2D eigenvalue weighted by Crippen LogP contribution is 2.18. The molecule has 0 aliphatic carbocycles. The molecule has 0 aliphatic heterocycles. The highest BCUT2D eigenvalue weighted by atomic mass is 16.4. The van der Waals surface area contributed by atoms with Gasteiger partial charge in [-0.25, -0.2) is 4.79 Å². The van der Waals surface area contributed by atoms with Crippen molar-refractivity contribution in [1.29, 1.82) is 0 Å². The van der Waals surface area contributed by atoms with Crippen LogP contribution in [0.1, 0.15) is 10.5 Å². The van der Waals surface area contributed by atoms with Crippen LogP contribution in [0.15, 0.2) is 36.5 Å². The van der Waals surface area contributed by atoms with Crippen LogP contribution in [0.5, 0.6) is 0 Å². The number of carboxylic acid groups (broad SMARTS) is 1. The molecule has 0 saturated carbocycles. The zero-order valence-electron chi connectivity index (χ0n) is 7.77. The molecule has 2 aromatic rings. The molecule has 5 heteroatoms. The molecule has 0 aliphatic rings. The van der Waals surface area contributed by atoms with Crippen molar-refractivity contribution in [3.05, 3.63) is 42.2 Å². The first kappa shape index (κ1) is 9.26. The largest absolute Gasteiger partial charge is 0.476 e. The summed E-state index contributed by atoms with van der Waals surface area (Å²) in [6.07, 6.45) is 1.51. The molecule has 5 nitrogen and oxygen atoms in total. The van der Waals surface area contributed by atoms with Crippen LogP contribution >= 0.6 is 0 Å². The molecule has 0 spiro atoms. The molecule has 1 aromatic carbocycles. The second-order valence-electron chi connectivity index (χ2n) is 2.94. The van der Waals surface area contributed by atoms with Gasteiger partial charge in [0.2, 0.25) is 0 Å². The van der Waals surface area contributed by atoms with Gasteiger partial charge in [-0.1, -0.05) is 18.2 Å². The highest BCUT2D eigenvalue weighted by molar-refractivity contribution is 5.92. The molecule has 0 saturated heterocycles. The molecule has 0 fully saturated rings. The van der Waals surface area contributed by atoms with Gasteiger partial charge in [-0.15, -0.1) is 0 Å². The van der Waals surface area contributed by atoms with Gasteiger partial charge in [-0.3, -0.25) is 5.10 Å².